The summed E-state index contributed by atoms with van der Waals surface area (Å²) < 4.78 is 0. The zero-order chi connectivity index (χ0) is 13.8. The largest absolute Gasteiger partial charge is 0.367 e. The SMILES string of the molecule is CC(C)(C)C(=O)ON1CCC(C(=O)CC#N)CC1. The van der Waals surface area contributed by atoms with Crippen LogP contribution in [0.3, 0.4) is 0 Å². The molecule has 0 aliphatic carbocycles. The van der Waals surface area contributed by atoms with Crippen LogP contribution in [0.4, 0.5) is 0 Å². The molecule has 1 rings (SSSR count). The molecule has 0 aromatic heterocycles. The molecule has 1 aliphatic heterocycles. The van der Waals surface area contributed by atoms with Crippen LogP contribution in [0, 0.1) is 22.7 Å². The summed E-state index contributed by atoms with van der Waals surface area (Å²) in [4.78, 5) is 28.5. The van der Waals surface area contributed by atoms with Crippen LogP contribution >= 0.6 is 0 Å². The predicted molar refractivity (Wildman–Crippen MR) is 65.1 cm³/mol. The Kier molecular flexibility index (Phi) is 4.85. The highest BCUT2D eigenvalue weighted by atomic mass is 16.7. The molecule has 0 aromatic carbocycles. The van der Waals surface area contributed by atoms with Crippen LogP contribution in [-0.4, -0.2) is 29.9 Å². The summed E-state index contributed by atoms with van der Waals surface area (Å²) in [5.74, 6) is -0.321. The Morgan fingerprint density at radius 2 is 1.89 bits per heavy atom. The van der Waals surface area contributed by atoms with Crippen LogP contribution in [0.2, 0.25) is 0 Å². The number of carbonyl (C=O) groups is 2. The van der Waals surface area contributed by atoms with Gasteiger partial charge in [-0.2, -0.15) is 5.26 Å². The van der Waals surface area contributed by atoms with Gasteiger partial charge >= 0.3 is 5.97 Å². The molecule has 5 heteroatoms. The Morgan fingerprint density at radius 1 is 1.33 bits per heavy atom. The lowest BCUT2D eigenvalue weighted by atomic mass is 9.92. The van der Waals surface area contributed by atoms with Crippen LogP contribution in [0.1, 0.15) is 40.0 Å². The zero-order valence-corrected chi connectivity index (χ0v) is 11.2. The van der Waals surface area contributed by atoms with Gasteiger partial charge in [0.25, 0.3) is 0 Å². The standard InChI is InChI=1S/C13H20N2O3/c1-13(2,3)12(17)18-15-8-5-10(6-9-15)11(16)4-7-14/h10H,4-6,8-9H2,1-3H3. The Labute approximate surface area is 108 Å². The number of nitriles is 1. The number of carbonyl (C=O) groups excluding carboxylic acids is 2. The molecule has 1 fully saturated rings. The normalized spacial score (nSPS) is 18.1. The van der Waals surface area contributed by atoms with Gasteiger partial charge in [0.05, 0.1) is 17.9 Å². The van der Waals surface area contributed by atoms with E-state index in [2.05, 4.69) is 0 Å². The van der Waals surface area contributed by atoms with Crippen LogP contribution in [0.25, 0.3) is 0 Å². The summed E-state index contributed by atoms with van der Waals surface area (Å²) in [5.41, 5.74) is -0.520. The third-order valence-electron chi connectivity index (χ3n) is 2.99. The van der Waals surface area contributed by atoms with Gasteiger partial charge in [-0.05, 0) is 33.6 Å². The van der Waals surface area contributed by atoms with Crippen molar-refractivity contribution in [1.82, 2.24) is 5.06 Å². The van der Waals surface area contributed by atoms with Crippen molar-refractivity contribution < 1.29 is 14.4 Å². The van der Waals surface area contributed by atoms with E-state index in [0.29, 0.717) is 25.9 Å². The van der Waals surface area contributed by atoms with Gasteiger partial charge < -0.3 is 4.84 Å². The van der Waals surface area contributed by atoms with E-state index in [-0.39, 0.29) is 24.1 Å². The third kappa shape index (κ3) is 4.11. The highest BCUT2D eigenvalue weighted by Crippen LogP contribution is 2.22. The second-order valence-corrected chi connectivity index (χ2v) is 5.63. The van der Waals surface area contributed by atoms with Gasteiger partial charge in [-0.15, -0.1) is 5.06 Å². The van der Waals surface area contributed by atoms with Crippen molar-refractivity contribution in [3.8, 4) is 6.07 Å². The van der Waals surface area contributed by atoms with Crippen LogP contribution < -0.4 is 0 Å². The Morgan fingerprint density at radius 3 is 2.33 bits per heavy atom. The van der Waals surface area contributed by atoms with Gasteiger partial charge in [-0.1, -0.05) is 0 Å². The average molecular weight is 252 g/mol. The van der Waals surface area contributed by atoms with Gasteiger partial charge in [0.2, 0.25) is 0 Å². The number of piperidine rings is 1. The van der Waals surface area contributed by atoms with Crippen molar-refractivity contribution in [3.63, 3.8) is 0 Å². The quantitative estimate of drug-likeness (QED) is 0.764. The summed E-state index contributed by atoms with van der Waals surface area (Å²) in [6.45, 7) is 6.53. The smallest absolute Gasteiger partial charge is 0.330 e. The molecule has 5 nitrogen and oxygen atoms in total. The number of ketones is 1. The summed E-state index contributed by atoms with van der Waals surface area (Å²) >= 11 is 0. The summed E-state index contributed by atoms with van der Waals surface area (Å²) in [6, 6.07) is 1.88. The lowest BCUT2D eigenvalue weighted by Crippen LogP contribution is -2.40. The fourth-order valence-corrected chi connectivity index (χ4v) is 1.75. The fraction of sp³-hybridized carbons (Fsp3) is 0.769. The van der Waals surface area contributed by atoms with Crippen LogP contribution in [0.5, 0.6) is 0 Å². The van der Waals surface area contributed by atoms with Crippen molar-refractivity contribution >= 4 is 11.8 Å². The number of hydrogen-bond acceptors (Lipinski definition) is 5. The molecule has 1 aliphatic rings. The van der Waals surface area contributed by atoms with E-state index in [1.165, 1.54) is 0 Å². The van der Waals surface area contributed by atoms with E-state index in [1.807, 2.05) is 6.07 Å². The van der Waals surface area contributed by atoms with E-state index >= 15 is 0 Å². The zero-order valence-electron chi connectivity index (χ0n) is 11.2. The van der Waals surface area contributed by atoms with Crippen molar-refractivity contribution in [1.29, 1.82) is 5.26 Å². The molecule has 0 atom stereocenters. The summed E-state index contributed by atoms with van der Waals surface area (Å²) in [5, 5.41) is 10.1. The number of nitrogens with zero attached hydrogens (tertiary/aromatic N) is 2. The molecule has 1 saturated heterocycles. The molecular weight excluding hydrogens is 232 g/mol. The minimum atomic E-state index is -0.520. The first-order valence-electron chi connectivity index (χ1n) is 6.21. The highest BCUT2D eigenvalue weighted by molar-refractivity contribution is 5.83. The second-order valence-electron chi connectivity index (χ2n) is 5.63. The molecule has 0 spiro atoms. The minimum absolute atomic E-state index is 0.000650. The molecule has 18 heavy (non-hydrogen) atoms. The monoisotopic (exact) mass is 252 g/mol. The van der Waals surface area contributed by atoms with E-state index in [4.69, 9.17) is 10.1 Å². The Hall–Kier alpha value is -1.41. The molecule has 0 unspecified atom stereocenters. The van der Waals surface area contributed by atoms with Crippen molar-refractivity contribution in [2.24, 2.45) is 11.3 Å². The van der Waals surface area contributed by atoms with E-state index in [9.17, 15) is 9.59 Å². The Balaban J connectivity index is 2.39. The summed E-state index contributed by atoms with van der Waals surface area (Å²) in [7, 11) is 0. The first kappa shape index (κ1) is 14.7. The van der Waals surface area contributed by atoms with Gasteiger partial charge in [0.1, 0.15) is 5.78 Å². The molecule has 1 heterocycles. The topological polar surface area (TPSA) is 70.4 Å². The van der Waals surface area contributed by atoms with Gasteiger partial charge in [0, 0.05) is 19.0 Å². The van der Waals surface area contributed by atoms with Crippen LogP contribution in [0.15, 0.2) is 0 Å². The van der Waals surface area contributed by atoms with Gasteiger partial charge in [-0.25, -0.2) is 4.79 Å². The summed E-state index contributed by atoms with van der Waals surface area (Å²) in [6.07, 6.45) is 1.28. The first-order chi connectivity index (χ1) is 8.34. The molecule has 0 aromatic rings. The van der Waals surface area contributed by atoms with E-state index in [1.54, 1.807) is 25.8 Å². The highest BCUT2D eigenvalue weighted by Gasteiger charge is 2.30. The van der Waals surface area contributed by atoms with Crippen LogP contribution in [-0.2, 0) is 14.4 Å². The minimum Gasteiger partial charge on any atom is -0.367 e. The number of hydrogen-bond donors (Lipinski definition) is 0. The van der Waals surface area contributed by atoms with Crippen molar-refractivity contribution in [2.45, 2.75) is 40.0 Å². The molecule has 100 valence electrons. The number of rotatable bonds is 3. The molecule has 0 N–H and O–H groups in total. The third-order valence-corrected chi connectivity index (χ3v) is 2.99. The maximum atomic E-state index is 11.7. The van der Waals surface area contributed by atoms with E-state index in [0.717, 1.165) is 0 Å². The predicted octanol–water partition coefficient (Wildman–Crippen LogP) is 1.69. The van der Waals surface area contributed by atoms with E-state index < -0.39 is 5.41 Å². The Bertz CT molecular complexity index is 357. The van der Waals surface area contributed by atoms with Gasteiger partial charge in [-0.3, -0.25) is 4.79 Å². The van der Waals surface area contributed by atoms with Crippen molar-refractivity contribution in [3.05, 3.63) is 0 Å². The van der Waals surface area contributed by atoms with Crippen molar-refractivity contribution in [2.75, 3.05) is 13.1 Å². The maximum Gasteiger partial charge on any atom is 0.330 e. The molecule has 0 amide bonds. The molecule has 0 bridgehead atoms. The maximum absolute atomic E-state index is 11.7. The average Bonchev–Trinajstić information content (AvgIpc) is 2.29. The number of hydroxylamine groups is 2. The second kappa shape index (κ2) is 5.96. The first-order valence-corrected chi connectivity index (χ1v) is 6.21. The molecule has 0 saturated carbocycles. The molecular formula is C13H20N2O3. The lowest BCUT2D eigenvalue weighted by Gasteiger charge is -2.31. The van der Waals surface area contributed by atoms with Gasteiger partial charge in [0.15, 0.2) is 0 Å². The fourth-order valence-electron chi connectivity index (χ4n) is 1.75. The lowest BCUT2D eigenvalue weighted by molar-refractivity contribution is -0.205. The number of Topliss-reactive ketones (excluding diaryl/α,β-unsaturated/α-hetero) is 1. The molecule has 0 radical (unpaired) electrons.